The summed E-state index contributed by atoms with van der Waals surface area (Å²) in [6.07, 6.45) is -0.0165. The molecule has 1 unspecified atom stereocenters. The first kappa shape index (κ1) is 17.6. The molecular formula is C16H26NO4P. The standard InChI is InChI=1S/C16H26NO4P/c1-12(19-18-6)11-17-13-7-9-14(10-8-13)22-20-15(2,3)16(4,5)21-22/h7-10,12,17H,11H2,1-6H3. The van der Waals surface area contributed by atoms with Gasteiger partial charge in [0.2, 0.25) is 8.38 Å². The molecule has 0 spiro atoms. The van der Waals surface area contributed by atoms with Crippen molar-refractivity contribution >= 4 is 19.4 Å². The van der Waals surface area contributed by atoms with Crippen LogP contribution in [0.1, 0.15) is 34.6 Å². The van der Waals surface area contributed by atoms with Crippen LogP contribution in [-0.2, 0) is 18.8 Å². The van der Waals surface area contributed by atoms with Gasteiger partial charge in [0.05, 0.1) is 18.3 Å². The monoisotopic (exact) mass is 327 g/mol. The van der Waals surface area contributed by atoms with E-state index in [0.717, 1.165) is 11.0 Å². The number of hydrogen-bond acceptors (Lipinski definition) is 5. The number of benzene rings is 1. The Hall–Kier alpha value is -0.710. The second kappa shape index (κ2) is 6.81. The van der Waals surface area contributed by atoms with Gasteiger partial charge in [-0.15, -0.1) is 0 Å². The molecule has 1 atom stereocenters. The van der Waals surface area contributed by atoms with E-state index >= 15 is 0 Å². The maximum absolute atomic E-state index is 6.11. The third kappa shape index (κ3) is 3.98. The van der Waals surface area contributed by atoms with Crippen molar-refractivity contribution in [3.63, 3.8) is 0 Å². The number of hydrogen-bond donors (Lipinski definition) is 1. The summed E-state index contributed by atoms with van der Waals surface area (Å²) in [6, 6.07) is 8.16. The molecule has 124 valence electrons. The van der Waals surface area contributed by atoms with Crippen LogP contribution >= 0.6 is 8.38 Å². The van der Waals surface area contributed by atoms with Crippen molar-refractivity contribution in [3.8, 4) is 0 Å². The third-order valence-electron chi connectivity index (χ3n) is 4.00. The van der Waals surface area contributed by atoms with E-state index in [2.05, 4.69) is 37.9 Å². The highest BCUT2D eigenvalue weighted by Crippen LogP contribution is 2.56. The van der Waals surface area contributed by atoms with E-state index in [0.29, 0.717) is 6.54 Å². The molecule has 1 saturated heterocycles. The molecule has 2 rings (SSSR count). The Morgan fingerprint density at radius 3 is 2.14 bits per heavy atom. The van der Waals surface area contributed by atoms with Crippen LogP contribution in [0.4, 0.5) is 5.69 Å². The largest absolute Gasteiger partial charge is 0.382 e. The van der Waals surface area contributed by atoms with E-state index in [4.69, 9.17) is 13.9 Å². The second-order valence-corrected chi connectivity index (χ2v) is 7.86. The molecule has 1 aromatic rings. The van der Waals surface area contributed by atoms with E-state index in [1.807, 2.05) is 31.2 Å². The molecule has 1 aromatic carbocycles. The van der Waals surface area contributed by atoms with Crippen LogP contribution in [0.5, 0.6) is 0 Å². The topological polar surface area (TPSA) is 49.0 Å². The first-order valence-electron chi connectivity index (χ1n) is 7.47. The molecule has 0 amide bonds. The molecule has 5 nitrogen and oxygen atoms in total. The zero-order valence-electron chi connectivity index (χ0n) is 14.2. The van der Waals surface area contributed by atoms with Crippen LogP contribution in [0.25, 0.3) is 0 Å². The summed E-state index contributed by atoms with van der Waals surface area (Å²) in [5.41, 5.74) is 0.452. The predicted molar refractivity (Wildman–Crippen MR) is 89.4 cm³/mol. The zero-order chi connectivity index (χ0) is 16.4. The molecule has 1 heterocycles. The molecular weight excluding hydrogens is 301 g/mol. The van der Waals surface area contributed by atoms with Crippen molar-refractivity contribution in [2.45, 2.75) is 51.9 Å². The quantitative estimate of drug-likeness (QED) is 0.491. The average Bonchev–Trinajstić information content (AvgIpc) is 2.66. The molecule has 1 N–H and O–H groups in total. The minimum absolute atomic E-state index is 0.0165. The highest BCUT2D eigenvalue weighted by molar-refractivity contribution is 7.56. The molecule has 0 aromatic heterocycles. The minimum atomic E-state index is -1.03. The van der Waals surface area contributed by atoms with Gasteiger partial charge in [-0.05, 0) is 58.9 Å². The summed E-state index contributed by atoms with van der Waals surface area (Å²) >= 11 is 0. The summed E-state index contributed by atoms with van der Waals surface area (Å²) in [7, 11) is 0.483. The van der Waals surface area contributed by atoms with Crippen LogP contribution in [-0.4, -0.2) is 31.0 Å². The van der Waals surface area contributed by atoms with Gasteiger partial charge in [-0.25, -0.2) is 9.78 Å². The van der Waals surface area contributed by atoms with Crippen LogP contribution < -0.4 is 10.6 Å². The van der Waals surface area contributed by atoms with E-state index < -0.39 is 8.38 Å². The molecule has 6 heteroatoms. The molecule has 1 fully saturated rings. The lowest BCUT2D eigenvalue weighted by Crippen LogP contribution is -2.41. The van der Waals surface area contributed by atoms with Gasteiger partial charge in [0, 0.05) is 17.5 Å². The highest BCUT2D eigenvalue weighted by Gasteiger charge is 2.50. The lowest BCUT2D eigenvalue weighted by atomic mass is 9.90. The van der Waals surface area contributed by atoms with Crippen molar-refractivity contribution < 1.29 is 18.8 Å². The second-order valence-electron chi connectivity index (χ2n) is 6.46. The lowest BCUT2D eigenvalue weighted by Gasteiger charge is -2.29. The summed E-state index contributed by atoms with van der Waals surface area (Å²) in [4.78, 5) is 9.66. The Morgan fingerprint density at radius 1 is 1.09 bits per heavy atom. The van der Waals surface area contributed by atoms with Gasteiger partial charge in [0.25, 0.3) is 0 Å². The molecule has 22 heavy (non-hydrogen) atoms. The fourth-order valence-corrected chi connectivity index (χ4v) is 3.83. The van der Waals surface area contributed by atoms with Crippen LogP contribution in [0.2, 0.25) is 0 Å². The lowest BCUT2D eigenvalue weighted by molar-refractivity contribution is -0.297. The Kier molecular flexibility index (Phi) is 5.46. The van der Waals surface area contributed by atoms with E-state index in [1.54, 1.807) is 0 Å². The fourth-order valence-electron chi connectivity index (χ4n) is 1.92. The maximum Gasteiger partial charge on any atom is 0.206 e. The predicted octanol–water partition coefficient (Wildman–Crippen LogP) is 3.61. The summed E-state index contributed by atoms with van der Waals surface area (Å²) in [6.45, 7) is 10.9. The van der Waals surface area contributed by atoms with Crippen LogP contribution in [0.3, 0.4) is 0 Å². The van der Waals surface area contributed by atoms with Crippen LogP contribution in [0, 0.1) is 0 Å². The zero-order valence-corrected chi connectivity index (χ0v) is 15.1. The summed E-state index contributed by atoms with van der Waals surface area (Å²) < 4.78 is 12.2. The van der Waals surface area contributed by atoms with Crippen LogP contribution in [0.15, 0.2) is 24.3 Å². The molecule has 0 aliphatic carbocycles. The van der Waals surface area contributed by atoms with Gasteiger partial charge < -0.3 is 14.4 Å². The van der Waals surface area contributed by atoms with Gasteiger partial charge in [0.1, 0.15) is 6.10 Å². The number of nitrogens with one attached hydrogen (secondary N) is 1. The molecule has 1 aliphatic heterocycles. The Morgan fingerprint density at radius 2 is 1.64 bits per heavy atom. The molecule has 1 aliphatic rings. The van der Waals surface area contributed by atoms with Gasteiger partial charge >= 0.3 is 0 Å². The number of rotatable bonds is 6. The van der Waals surface area contributed by atoms with Crippen molar-refractivity contribution in [2.75, 3.05) is 19.0 Å². The molecule has 0 radical (unpaired) electrons. The number of anilines is 1. The normalized spacial score (nSPS) is 21.7. The van der Waals surface area contributed by atoms with Gasteiger partial charge in [0.15, 0.2) is 0 Å². The Bertz CT molecular complexity index is 473. The summed E-state index contributed by atoms with van der Waals surface area (Å²) in [5.74, 6) is 0. The summed E-state index contributed by atoms with van der Waals surface area (Å²) in [5, 5.41) is 4.38. The SMILES string of the molecule is COOC(C)CNc1ccc(P2OC(C)(C)C(C)(C)O2)cc1. The van der Waals surface area contributed by atoms with Crippen molar-refractivity contribution in [1.82, 2.24) is 0 Å². The van der Waals surface area contributed by atoms with Crippen molar-refractivity contribution in [1.29, 1.82) is 0 Å². The van der Waals surface area contributed by atoms with E-state index in [-0.39, 0.29) is 17.3 Å². The minimum Gasteiger partial charge on any atom is -0.382 e. The maximum atomic E-state index is 6.11. The van der Waals surface area contributed by atoms with E-state index in [1.165, 1.54) is 7.11 Å². The van der Waals surface area contributed by atoms with Gasteiger partial charge in [-0.3, -0.25) is 0 Å². The Labute approximate surface area is 134 Å². The average molecular weight is 327 g/mol. The fraction of sp³-hybridized carbons (Fsp3) is 0.625. The van der Waals surface area contributed by atoms with E-state index in [9.17, 15) is 0 Å². The first-order valence-corrected chi connectivity index (χ1v) is 8.65. The molecule has 0 bridgehead atoms. The third-order valence-corrected chi connectivity index (χ3v) is 5.97. The Balaban J connectivity index is 1.95. The van der Waals surface area contributed by atoms with Crippen molar-refractivity contribution in [3.05, 3.63) is 24.3 Å². The molecule has 0 saturated carbocycles. The smallest absolute Gasteiger partial charge is 0.206 e. The van der Waals surface area contributed by atoms with Gasteiger partial charge in [-0.1, -0.05) is 0 Å². The first-order chi connectivity index (χ1) is 10.2. The van der Waals surface area contributed by atoms with Gasteiger partial charge in [-0.2, -0.15) is 0 Å². The highest BCUT2D eigenvalue weighted by atomic mass is 31.2. The van der Waals surface area contributed by atoms with Crippen molar-refractivity contribution in [2.24, 2.45) is 0 Å².